The van der Waals surface area contributed by atoms with Crippen LogP contribution in [0.15, 0.2) is 47.0 Å². The molecule has 2 aliphatic heterocycles. The summed E-state index contributed by atoms with van der Waals surface area (Å²) in [5, 5.41) is 5.06. The summed E-state index contributed by atoms with van der Waals surface area (Å²) in [6.45, 7) is 8.41. The second-order valence-corrected chi connectivity index (χ2v) is 9.06. The Morgan fingerprint density at radius 2 is 1.76 bits per heavy atom. The van der Waals surface area contributed by atoms with Gasteiger partial charge in [-0.25, -0.2) is 4.39 Å². The molecule has 0 atom stereocenters. The molecule has 0 spiro atoms. The van der Waals surface area contributed by atoms with E-state index in [9.17, 15) is 4.39 Å². The van der Waals surface area contributed by atoms with Gasteiger partial charge in [0.15, 0.2) is 5.58 Å². The van der Waals surface area contributed by atoms with Crippen molar-refractivity contribution in [3.8, 4) is 5.75 Å². The van der Waals surface area contributed by atoms with E-state index in [1.807, 2.05) is 0 Å². The van der Waals surface area contributed by atoms with Gasteiger partial charge in [-0.2, -0.15) is 0 Å². The molecule has 176 valence electrons. The van der Waals surface area contributed by atoms with Crippen molar-refractivity contribution in [3.05, 3.63) is 59.5 Å². The van der Waals surface area contributed by atoms with Gasteiger partial charge in [-0.15, -0.1) is 0 Å². The van der Waals surface area contributed by atoms with E-state index in [0.29, 0.717) is 11.5 Å². The zero-order valence-corrected chi connectivity index (χ0v) is 19.0. The fourth-order valence-corrected chi connectivity index (χ4v) is 4.84. The lowest BCUT2D eigenvalue weighted by atomic mass is 9.91. The summed E-state index contributed by atoms with van der Waals surface area (Å²) in [4.78, 5) is 4.90. The molecule has 33 heavy (non-hydrogen) atoms. The maximum Gasteiger partial charge on any atom is 0.167 e. The molecule has 0 N–H and O–H groups in total. The number of likely N-dealkylation sites (tertiary alicyclic amines) is 1. The summed E-state index contributed by atoms with van der Waals surface area (Å²) in [7, 11) is 0. The molecule has 0 unspecified atom stereocenters. The number of ether oxygens (including phenoxy) is 2. The predicted octanol–water partition coefficient (Wildman–Crippen LogP) is 4.45. The molecule has 0 saturated carbocycles. The second-order valence-electron chi connectivity index (χ2n) is 9.06. The largest absolute Gasteiger partial charge is 0.494 e. The van der Waals surface area contributed by atoms with Crippen molar-refractivity contribution in [2.45, 2.75) is 31.7 Å². The van der Waals surface area contributed by atoms with Crippen LogP contribution in [0.3, 0.4) is 0 Å². The van der Waals surface area contributed by atoms with Crippen molar-refractivity contribution >= 4 is 11.0 Å². The van der Waals surface area contributed by atoms with Gasteiger partial charge >= 0.3 is 0 Å². The maximum atomic E-state index is 13.6. The first-order valence-electron chi connectivity index (χ1n) is 12.0. The van der Waals surface area contributed by atoms with Crippen LogP contribution in [-0.4, -0.2) is 67.5 Å². The summed E-state index contributed by atoms with van der Waals surface area (Å²) in [6, 6.07) is 13.1. The maximum absolute atomic E-state index is 13.6. The highest BCUT2D eigenvalue weighted by Gasteiger charge is 2.25. The number of aromatic nitrogens is 1. The third kappa shape index (κ3) is 5.72. The lowest BCUT2D eigenvalue weighted by molar-refractivity contribution is 0.0342. The molecule has 1 aromatic heterocycles. The van der Waals surface area contributed by atoms with Gasteiger partial charge in [0.2, 0.25) is 0 Å². The third-order valence-electron chi connectivity index (χ3n) is 6.75. The smallest absolute Gasteiger partial charge is 0.167 e. The van der Waals surface area contributed by atoms with Crippen LogP contribution in [0.25, 0.3) is 11.0 Å². The highest BCUT2D eigenvalue weighted by atomic mass is 19.1. The topological polar surface area (TPSA) is 51.0 Å². The highest BCUT2D eigenvalue weighted by Crippen LogP contribution is 2.32. The highest BCUT2D eigenvalue weighted by molar-refractivity contribution is 5.79. The van der Waals surface area contributed by atoms with Gasteiger partial charge in [0.25, 0.3) is 0 Å². The summed E-state index contributed by atoms with van der Waals surface area (Å²) in [5.41, 5.74) is 2.89. The zero-order valence-electron chi connectivity index (χ0n) is 19.0. The molecule has 0 aliphatic carbocycles. The Labute approximate surface area is 194 Å². The molecule has 3 heterocycles. The van der Waals surface area contributed by atoms with Crippen LogP contribution in [-0.2, 0) is 11.3 Å². The van der Waals surface area contributed by atoms with Crippen LogP contribution in [0.4, 0.5) is 4.39 Å². The van der Waals surface area contributed by atoms with E-state index in [1.54, 1.807) is 12.1 Å². The Kier molecular flexibility index (Phi) is 7.19. The van der Waals surface area contributed by atoms with Crippen LogP contribution in [0.2, 0.25) is 0 Å². The summed E-state index contributed by atoms with van der Waals surface area (Å²) >= 11 is 0. The molecule has 2 aliphatic rings. The SMILES string of the molecule is Fc1ccc2onc(C3CCN(CCCOc4ccc(CN5CCOCC5)cc4)CC3)c2c1. The molecule has 2 saturated heterocycles. The number of piperidine rings is 1. The number of fused-ring (bicyclic) bond motifs is 1. The van der Waals surface area contributed by atoms with Crippen LogP contribution in [0.1, 0.15) is 36.4 Å². The Morgan fingerprint density at radius 3 is 2.55 bits per heavy atom. The number of benzene rings is 2. The van der Waals surface area contributed by atoms with Gasteiger partial charge < -0.3 is 18.9 Å². The molecule has 0 bridgehead atoms. The Hall–Kier alpha value is -2.48. The van der Waals surface area contributed by atoms with Crippen molar-refractivity contribution in [2.24, 2.45) is 0 Å². The predicted molar refractivity (Wildman–Crippen MR) is 125 cm³/mol. The molecule has 2 fully saturated rings. The molecule has 3 aromatic rings. The van der Waals surface area contributed by atoms with Gasteiger partial charge in [0.05, 0.1) is 25.5 Å². The molecule has 0 amide bonds. The van der Waals surface area contributed by atoms with E-state index >= 15 is 0 Å². The average Bonchev–Trinajstić information content (AvgIpc) is 3.27. The van der Waals surface area contributed by atoms with Crippen LogP contribution >= 0.6 is 0 Å². The number of rotatable bonds is 8. The minimum atomic E-state index is -0.240. The summed E-state index contributed by atoms with van der Waals surface area (Å²) in [6.07, 6.45) is 3.03. The van der Waals surface area contributed by atoms with E-state index in [4.69, 9.17) is 14.0 Å². The molecule has 0 radical (unpaired) electrons. The first kappa shape index (κ1) is 22.3. The lowest BCUT2D eigenvalue weighted by Gasteiger charge is -2.31. The first-order chi connectivity index (χ1) is 16.2. The van der Waals surface area contributed by atoms with Gasteiger partial charge in [-0.05, 0) is 68.2 Å². The molecule has 7 heteroatoms. The van der Waals surface area contributed by atoms with Gasteiger partial charge in [0, 0.05) is 37.5 Å². The standard InChI is InChI=1S/C26H32FN3O3/c27-22-4-7-25-24(18-22)26(28-33-25)21-8-11-29(12-9-21)10-1-15-32-23-5-2-20(3-6-23)19-30-13-16-31-17-14-30/h2-7,18,21H,1,8-17,19H2. The third-order valence-corrected chi connectivity index (χ3v) is 6.75. The van der Waals surface area contributed by atoms with Crippen LogP contribution in [0, 0.1) is 5.82 Å². The molecule has 6 nitrogen and oxygen atoms in total. The van der Waals surface area contributed by atoms with E-state index in [-0.39, 0.29) is 5.82 Å². The van der Waals surface area contributed by atoms with E-state index in [1.165, 1.54) is 11.6 Å². The average molecular weight is 454 g/mol. The zero-order chi connectivity index (χ0) is 22.5. The van der Waals surface area contributed by atoms with Crippen molar-refractivity contribution in [2.75, 3.05) is 52.5 Å². The van der Waals surface area contributed by atoms with Crippen LogP contribution < -0.4 is 4.74 Å². The number of morpholine rings is 1. The Balaban J connectivity index is 1.02. The minimum Gasteiger partial charge on any atom is -0.494 e. The Morgan fingerprint density at radius 1 is 0.970 bits per heavy atom. The fourth-order valence-electron chi connectivity index (χ4n) is 4.84. The van der Waals surface area contributed by atoms with Crippen molar-refractivity contribution in [1.29, 1.82) is 0 Å². The van der Waals surface area contributed by atoms with Gasteiger partial charge in [0.1, 0.15) is 11.6 Å². The first-order valence-corrected chi connectivity index (χ1v) is 12.0. The monoisotopic (exact) mass is 453 g/mol. The van der Waals surface area contributed by atoms with E-state index in [0.717, 1.165) is 95.2 Å². The van der Waals surface area contributed by atoms with E-state index in [2.05, 4.69) is 39.2 Å². The quantitative estimate of drug-likeness (QED) is 0.470. The second kappa shape index (κ2) is 10.6. The Bertz CT molecular complexity index is 1020. The van der Waals surface area contributed by atoms with Crippen molar-refractivity contribution < 1.29 is 18.4 Å². The summed E-state index contributed by atoms with van der Waals surface area (Å²) in [5.74, 6) is 1.03. The van der Waals surface area contributed by atoms with E-state index < -0.39 is 0 Å². The van der Waals surface area contributed by atoms with Crippen molar-refractivity contribution in [1.82, 2.24) is 15.0 Å². The lowest BCUT2D eigenvalue weighted by Crippen LogP contribution is -2.35. The van der Waals surface area contributed by atoms with Crippen LogP contribution in [0.5, 0.6) is 5.75 Å². The van der Waals surface area contributed by atoms with Gasteiger partial charge in [-0.3, -0.25) is 4.90 Å². The number of nitrogens with zero attached hydrogens (tertiary/aromatic N) is 3. The molecular weight excluding hydrogens is 421 g/mol. The summed E-state index contributed by atoms with van der Waals surface area (Å²) < 4.78 is 30.4. The molecule has 5 rings (SSSR count). The fraction of sp³-hybridized carbons (Fsp3) is 0.500. The number of halogens is 1. The molecule has 2 aromatic carbocycles. The minimum absolute atomic E-state index is 0.240. The number of hydrogen-bond acceptors (Lipinski definition) is 6. The van der Waals surface area contributed by atoms with Gasteiger partial charge in [-0.1, -0.05) is 17.3 Å². The molecular formula is C26H32FN3O3. The number of hydrogen-bond donors (Lipinski definition) is 0. The van der Waals surface area contributed by atoms with Crippen molar-refractivity contribution in [3.63, 3.8) is 0 Å². The normalized spacial score (nSPS) is 18.7.